The van der Waals surface area contributed by atoms with Gasteiger partial charge in [-0.05, 0) is 43.4 Å². The molecule has 4 nitrogen and oxygen atoms in total. The number of nitrogens with zero attached hydrogens (tertiary/aromatic N) is 1. The summed E-state index contributed by atoms with van der Waals surface area (Å²) in [5.74, 6) is -0.0501. The molecule has 0 aliphatic carbocycles. The molecule has 1 aliphatic heterocycles. The maximum absolute atomic E-state index is 13.6. The minimum atomic E-state index is -0.389. The number of methoxy groups -OCH3 is 1. The zero-order valence-corrected chi connectivity index (χ0v) is 13.7. The van der Waals surface area contributed by atoms with Crippen molar-refractivity contribution in [3.05, 3.63) is 29.6 Å². The Bertz CT molecular complexity index is 499. The molecule has 1 aromatic rings. The first kappa shape index (κ1) is 18.7. The van der Waals surface area contributed by atoms with Gasteiger partial charge in [-0.25, -0.2) is 4.39 Å². The third-order valence-electron chi connectivity index (χ3n) is 4.06. The molecule has 0 radical (unpaired) electrons. The fraction of sp³-hybridized carbons (Fsp3) is 0.562. The Morgan fingerprint density at radius 1 is 1.45 bits per heavy atom. The van der Waals surface area contributed by atoms with E-state index in [1.165, 1.54) is 13.2 Å². The lowest BCUT2D eigenvalue weighted by molar-refractivity contribution is -0.134. The fourth-order valence-electron chi connectivity index (χ4n) is 2.83. The third kappa shape index (κ3) is 4.58. The van der Waals surface area contributed by atoms with Gasteiger partial charge in [0.05, 0.1) is 7.11 Å². The van der Waals surface area contributed by atoms with Crippen LogP contribution < -0.4 is 10.5 Å². The summed E-state index contributed by atoms with van der Waals surface area (Å²) >= 11 is 0. The van der Waals surface area contributed by atoms with Gasteiger partial charge in [0.25, 0.3) is 0 Å². The molecule has 1 fully saturated rings. The van der Waals surface area contributed by atoms with Gasteiger partial charge >= 0.3 is 0 Å². The van der Waals surface area contributed by atoms with E-state index in [0.29, 0.717) is 19.4 Å². The van der Waals surface area contributed by atoms with Crippen LogP contribution in [0.2, 0.25) is 0 Å². The zero-order valence-electron chi connectivity index (χ0n) is 12.9. The summed E-state index contributed by atoms with van der Waals surface area (Å²) in [4.78, 5) is 14.2. The second-order valence-electron chi connectivity index (χ2n) is 5.44. The standard InChI is InChI=1S/C16H23FN2O2.ClH/c1-21-15-7-5-12(10-14(15)17)6-8-16(20)19-9-3-2-4-13(19)11-18;/h5,7,10,13H,2-4,6,8-9,11,18H2,1H3;1H. The smallest absolute Gasteiger partial charge is 0.223 e. The van der Waals surface area contributed by atoms with E-state index in [0.717, 1.165) is 31.4 Å². The summed E-state index contributed by atoms with van der Waals surface area (Å²) in [7, 11) is 1.44. The highest BCUT2D eigenvalue weighted by atomic mass is 35.5. The van der Waals surface area contributed by atoms with Gasteiger partial charge in [0.15, 0.2) is 11.6 Å². The number of halogens is 2. The quantitative estimate of drug-likeness (QED) is 0.902. The molecule has 1 heterocycles. The van der Waals surface area contributed by atoms with Crippen molar-refractivity contribution in [2.24, 2.45) is 5.73 Å². The molecule has 1 amide bonds. The molecule has 1 saturated heterocycles. The largest absolute Gasteiger partial charge is 0.494 e. The van der Waals surface area contributed by atoms with Crippen LogP contribution in [0, 0.1) is 5.82 Å². The maximum atomic E-state index is 13.6. The van der Waals surface area contributed by atoms with Crippen LogP contribution in [0.1, 0.15) is 31.2 Å². The van der Waals surface area contributed by atoms with Gasteiger partial charge in [0, 0.05) is 25.6 Å². The van der Waals surface area contributed by atoms with Crippen molar-refractivity contribution >= 4 is 18.3 Å². The van der Waals surface area contributed by atoms with Crippen LogP contribution in [0.4, 0.5) is 4.39 Å². The van der Waals surface area contributed by atoms with E-state index in [-0.39, 0.29) is 35.9 Å². The van der Waals surface area contributed by atoms with E-state index in [9.17, 15) is 9.18 Å². The molecule has 2 N–H and O–H groups in total. The van der Waals surface area contributed by atoms with Crippen LogP contribution >= 0.6 is 12.4 Å². The Morgan fingerprint density at radius 2 is 2.23 bits per heavy atom. The van der Waals surface area contributed by atoms with Crippen LogP contribution in [-0.2, 0) is 11.2 Å². The molecule has 2 rings (SSSR count). The number of hydrogen-bond donors (Lipinski definition) is 1. The number of nitrogens with two attached hydrogens (primary N) is 1. The fourth-order valence-corrected chi connectivity index (χ4v) is 2.83. The van der Waals surface area contributed by atoms with Crippen molar-refractivity contribution in [1.82, 2.24) is 4.90 Å². The van der Waals surface area contributed by atoms with Crippen LogP contribution in [0.15, 0.2) is 18.2 Å². The summed E-state index contributed by atoms with van der Waals surface area (Å²) in [6, 6.07) is 4.99. The molecule has 1 atom stereocenters. The van der Waals surface area contributed by atoms with Gasteiger partial charge < -0.3 is 15.4 Å². The summed E-state index contributed by atoms with van der Waals surface area (Å²) in [5.41, 5.74) is 6.54. The molecule has 0 aromatic heterocycles. The van der Waals surface area contributed by atoms with Gasteiger partial charge in [0.1, 0.15) is 0 Å². The normalized spacial score (nSPS) is 17.8. The van der Waals surface area contributed by atoms with Gasteiger partial charge in [-0.1, -0.05) is 6.07 Å². The van der Waals surface area contributed by atoms with Crippen molar-refractivity contribution in [2.45, 2.75) is 38.1 Å². The number of likely N-dealkylation sites (tertiary alicyclic amines) is 1. The lowest BCUT2D eigenvalue weighted by Gasteiger charge is -2.35. The monoisotopic (exact) mass is 330 g/mol. The molecule has 6 heteroatoms. The van der Waals surface area contributed by atoms with Crippen molar-refractivity contribution in [1.29, 1.82) is 0 Å². The lowest BCUT2D eigenvalue weighted by Crippen LogP contribution is -2.47. The second-order valence-corrected chi connectivity index (χ2v) is 5.44. The first-order valence-electron chi connectivity index (χ1n) is 7.47. The first-order valence-corrected chi connectivity index (χ1v) is 7.47. The Kier molecular flexibility index (Phi) is 7.62. The summed E-state index contributed by atoms with van der Waals surface area (Å²) in [5, 5.41) is 0. The molecule has 0 spiro atoms. The number of carbonyl (C=O) groups is 1. The number of benzene rings is 1. The number of carbonyl (C=O) groups excluding carboxylic acids is 1. The number of rotatable bonds is 5. The van der Waals surface area contributed by atoms with E-state index in [1.54, 1.807) is 12.1 Å². The molecular formula is C16H24ClFN2O2. The highest BCUT2D eigenvalue weighted by Crippen LogP contribution is 2.20. The molecule has 1 aromatic carbocycles. The number of hydrogen-bond acceptors (Lipinski definition) is 3. The molecule has 1 aliphatic rings. The zero-order chi connectivity index (χ0) is 15.2. The predicted molar refractivity (Wildman–Crippen MR) is 86.9 cm³/mol. The Balaban J connectivity index is 0.00000242. The van der Waals surface area contributed by atoms with Crippen LogP contribution in [0.5, 0.6) is 5.75 Å². The Labute approximate surface area is 137 Å². The molecule has 22 heavy (non-hydrogen) atoms. The molecule has 0 saturated carbocycles. The van der Waals surface area contributed by atoms with Crippen LogP contribution in [-0.4, -0.2) is 37.0 Å². The van der Waals surface area contributed by atoms with E-state index in [1.807, 2.05) is 4.90 Å². The van der Waals surface area contributed by atoms with Crippen molar-refractivity contribution in [3.8, 4) is 5.75 Å². The Hall–Kier alpha value is -1.33. The molecular weight excluding hydrogens is 307 g/mol. The minimum Gasteiger partial charge on any atom is -0.494 e. The average Bonchev–Trinajstić information content (AvgIpc) is 2.52. The van der Waals surface area contributed by atoms with Crippen LogP contribution in [0.3, 0.4) is 0 Å². The Morgan fingerprint density at radius 3 is 2.86 bits per heavy atom. The molecule has 124 valence electrons. The van der Waals surface area contributed by atoms with Gasteiger partial charge in [-0.15, -0.1) is 12.4 Å². The highest BCUT2D eigenvalue weighted by molar-refractivity contribution is 5.85. The van der Waals surface area contributed by atoms with Crippen molar-refractivity contribution in [2.75, 3.05) is 20.2 Å². The lowest BCUT2D eigenvalue weighted by atomic mass is 10.0. The number of piperidine rings is 1. The van der Waals surface area contributed by atoms with E-state index in [2.05, 4.69) is 0 Å². The number of amides is 1. The minimum absolute atomic E-state index is 0. The van der Waals surface area contributed by atoms with Gasteiger partial charge in [-0.3, -0.25) is 4.79 Å². The summed E-state index contributed by atoms with van der Waals surface area (Å²) in [6.07, 6.45) is 4.09. The summed E-state index contributed by atoms with van der Waals surface area (Å²) < 4.78 is 18.5. The van der Waals surface area contributed by atoms with Crippen molar-refractivity contribution < 1.29 is 13.9 Å². The van der Waals surface area contributed by atoms with Gasteiger partial charge in [-0.2, -0.15) is 0 Å². The van der Waals surface area contributed by atoms with Crippen molar-refractivity contribution in [3.63, 3.8) is 0 Å². The maximum Gasteiger partial charge on any atom is 0.223 e. The van der Waals surface area contributed by atoms with E-state index >= 15 is 0 Å². The number of aryl methyl sites for hydroxylation is 1. The van der Waals surface area contributed by atoms with E-state index in [4.69, 9.17) is 10.5 Å². The van der Waals surface area contributed by atoms with Gasteiger partial charge in [0.2, 0.25) is 5.91 Å². The van der Waals surface area contributed by atoms with Crippen LogP contribution in [0.25, 0.3) is 0 Å². The second kappa shape index (κ2) is 8.96. The SMILES string of the molecule is COc1ccc(CCC(=O)N2CCCCC2CN)cc1F.Cl. The third-order valence-corrected chi connectivity index (χ3v) is 4.06. The first-order chi connectivity index (χ1) is 10.2. The predicted octanol–water partition coefficient (Wildman–Crippen LogP) is 2.53. The van der Waals surface area contributed by atoms with E-state index < -0.39 is 0 Å². The topological polar surface area (TPSA) is 55.6 Å². The highest BCUT2D eigenvalue weighted by Gasteiger charge is 2.25. The molecule has 0 bridgehead atoms. The number of ether oxygens (including phenoxy) is 1. The average molecular weight is 331 g/mol. The summed E-state index contributed by atoms with van der Waals surface area (Å²) in [6.45, 7) is 1.31. The molecule has 1 unspecified atom stereocenters.